The molecule has 0 radical (unpaired) electrons. The number of thiazole rings is 1. The highest BCUT2D eigenvalue weighted by Gasteiger charge is 2.32. The molecule has 2 N–H and O–H groups in total. The third-order valence-electron chi connectivity index (χ3n) is 6.37. The molecule has 0 saturated carbocycles. The average Bonchev–Trinajstić information content (AvgIpc) is 3.26. The van der Waals surface area contributed by atoms with Crippen molar-refractivity contribution in [3.05, 3.63) is 119 Å². The van der Waals surface area contributed by atoms with Crippen molar-refractivity contribution in [3.8, 4) is 11.5 Å². The highest BCUT2D eigenvalue weighted by molar-refractivity contribution is 7.07. The Kier molecular flexibility index (Phi) is 8.49. The first-order chi connectivity index (χ1) is 20.2. The smallest absolute Gasteiger partial charge is 0.341 e. The summed E-state index contributed by atoms with van der Waals surface area (Å²) in [6, 6.07) is 18.5. The standard InChI is InChI=1S/C30H23Cl2N3O6S/c1-16-25(28(38)34-19-8-4-3-5-9-19)26(18-7-6-10-20(14-18)40-2)35-29(39)23(42-30(35)33-16)13-17-11-21(31)27(22(32)12-17)41-15-24(36)37/h3-14,26H,15H2,1-2H3,(H,34,38)(H,36,37)/b23-13-/t26-/m1/s1. The Morgan fingerprint density at radius 2 is 1.81 bits per heavy atom. The summed E-state index contributed by atoms with van der Waals surface area (Å²) in [5.41, 5.74) is 2.18. The van der Waals surface area contributed by atoms with Gasteiger partial charge in [-0.2, -0.15) is 0 Å². The van der Waals surface area contributed by atoms with Gasteiger partial charge in [-0.15, -0.1) is 0 Å². The summed E-state index contributed by atoms with van der Waals surface area (Å²) in [6.45, 7) is 1.13. The summed E-state index contributed by atoms with van der Waals surface area (Å²) in [4.78, 5) is 43.6. The van der Waals surface area contributed by atoms with E-state index in [1.54, 1.807) is 50.4 Å². The van der Waals surface area contributed by atoms with E-state index < -0.39 is 18.6 Å². The van der Waals surface area contributed by atoms with Crippen molar-refractivity contribution < 1.29 is 24.2 Å². The molecule has 1 aliphatic heterocycles. The SMILES string of the molecule is COc1cccc([C@@H]2C(C(=O)Nc3ccccc3)=C(C)N=c3s/c(=C\c4cc(Cl)c(OCC(=O)O)c(Cl)c4)c(=O)n32)c1. The Morgan fingerprint density at radius 3 is 2.48 bits per heavy atom. The summed E-state index contributed by atoms with van der Waals surface area (Å²) in [5.74, 6) is -0.964. The molecular formula is C30H23Cl2N3O6S. The number of aliphatic carboxylic acids is 1. The number of benzene rings is 3. The zero-order chi connectivity index (χ0) is 30.0. The molecule has 0 spiro atoms. The molecule has 3 aromatic carbocycles. The van der Waals surface area contributed by atoms with Gasteiger partial charge in [0.1, 0.15) is 5.75 Å². The van der Waals surface area contributed by atoms with Gasteiger partial charge >= 0.3 is 5.97 Å². The van der Waals surface area contributed by atoms with Gasteiger partial charge in [0.15, 0.2) is 17.2 Å². The zero-order valence-electron chi connectivity index (χ0n) is 22.3. The number of nitrogens with zero attached hydrogens (tertiary/aromatic N) is 2. The highest BCUT2D eigenvalue weighted by Crippen LogP contribution is 2.35. The summed E-state index contributed by atoms with van der Waals surface area (Å²) < 4.78 is 12.4. The van der Waals surface area contributed by atoms with E-state index in [1.807, 2.05) is 24.3 Å². The van der Waals surface area contributed by atoms with E-state index in [0.717, 1.165) is 11.3 Å². The van der Waals surface area contributed by atoms with E-state index in [0.29, 0.717) is 43.2 Å². The van der Waals surface area contributed by atoms with E-state index >= 15 is 0 Å². The molecule has 0 fully saturated rings. The number of amides is 1. The molecule has 1 aromatic heterocycles. The first-order valence-electron chi connectivity index (χ1n) is 12.5. The van der Waals surface area contributed by atoms with Crippen LogP contribution in [0.1, 0.15) is 24.1 Å². The Bertz CT molecular complexity index is 1890. The number of carbonyl (C=O) groups is 2. The van der Waals surface area contributed by atoms with Crippen LogP contribution in [0.2, 0.25) is 10.0 Å². The molecule has 12 heteroatoms. The molecule has 0 bridgehead atoms. The van der Waals surface area contributed by atoms with Gasteiger partial charge in [0, 0.05) is 5.69 Å². The Labute approximate surface area is 253 Å². The molecule has 0 unspecified atom stereocenters. The molecule has 9 nitrogen and oxygen atoms in total. The van der Waals surface area contributed by atoms with Crippen LogP contribution < -0.4 is 29.7 Å². The van der Waals surface area contributed by atoms with E-state index in [2.05, 4.69) is 10.3 Å². The quantitative estimate of drug-likeness (QED) is 0.295. The van der Waals surface area contributed by atoms with E-state index in [9.17, 15) is 14.4 Å². The first-order valence-corrected chi connectivity index (χ1v) is 14.1. The van der Waals surface area contributed by atoms with E-state index in [-0.39, 0.29) is 27.3 Å². The second-order valence-corrected chi connectivity index (χ2v) is 11.0. The largest absolute Gasteiger partial charge is 0.497 e. The molecule has 0 aliphatic carbocycles. The maximum absolute atomic E-state index is 13.9. The minimum absolute atomic E-state index is 0.0297. The van der Waals surface area contributed by atoms with Gasteiger partial charge in [0.25, 0.3) is 11.5 Å². The number of allylic oxidation sites excluding steroid dienone is 1. The second-order valence-electron chi connectivity index (χ2n) is 9.17. The number of anilines is 1. The fourth-order valence-electron chi connectivity index (χ4n) is 4.54. The molecule has 0 saturated heterocycles. The number of rotatable bonds is 8. The molecule has 42 heavy (non-hydrogen) atoms. The molecule has 1 atom stereocenters. The third kappa shape index (κ3) is 5.96. The van der Waals surface area contributed by atoms with Crippen LogP contribution in [0, 0.1) is 0 Å². The van der Waals surface area contributed by atoms with E-state index in [1.165, 1.54) is 16.7 Å². The van der Waals surface area contributed by atoms with Crippen molar-refractivity contribution in [2.75, 3.05) is 19.0 Å². The maximum atomic E-state index is 13.9. The molecule has 4 aromatic rings. The summed E-state index contributed by atoms with van der Waals surface area (Å²) in [5, 5.41) is 12.0. The maximum Gasteiger partial charge on any atom is 0.341 e. The van der Waals surface area contributed by atoms with Crippen molar-refractivity contribution in [1.82, 2.24) is 4.57 Å². The van der Waals surface area contributed by atoms with Gasteiger partial charge < -0.3 is 19.9 Å². The zero-order valence-corrected chi connectivity index (χ0v) is 24.6. The number of methoxy groups -OCH3 is 1. The van der Waals surface area contributed by atoms with Crippen LogP contribution >= 0.6 is 34.5 Å². The fourth-order valence-corrected chi connectivity index (χ4v) is 6.20. The number of carboxylic acid groups (broad SMARTS) is 1. The number of hydrogen-bond acceptors (Lipinski definition) is 7. The van der Waals surface area contributed by atoms with Crippen LogP contribution in [0.4, 0.5) is 5.69 Å². The third-order valence-corrected chi connectivity index (χ3v) is 7.91. The Hall–Kier alpha value is -4.38. The van der Waals surface area contributed by atoms with Crippen molar-refractivity contribution in [3.63, 3.8) is 0 Å². The van der Waals surface area contributed by atoms with Gasteiger partial charge in [-0.05, 0) is 60.5 Å². The lowest BCUT2D eigenvalue weighted by Gasteiger charge is -2.25. The number of carboxylic acids is 1. The molecule has 5 rings (SSSR count). The van der Waals surface area contributed by atoms with Crippen molar-refractivity contribution in [2.45, 2.75) is 13.0 Å². The van der Waals surface area contributed by atoms with Gasteiger partial charge in [-0.25, -0.2) is 9.79 Å². The van der Waals surface area contributed by atoms with Crippen LogP contribution in [-0.2, 0) is 9.59 Å². The molecule has 2 heterocycles. The minimum atomic E-state index is -1.18. The fraction of sp³-hybridized carbons (Fsp3) is 0.133. The molecule has 1 amide bonds. The topological polar surface area (TPSA) is 119 Å². The number of fused-ring (bicyclic) bond motifs is 1. The number of aromatic nitrogens is 1. The lowest BCUT2D eigenvalue weighted by atomic mass is 9.95. The van der Waals surface area contributed by atoms with Gasteiger partial charge in [-0.1, -0.05) is 64.9 Å². The van der Waals surface area contributed by atoms with Crippen LogP contribution in [0.3, 0.4) is 0 Å². The summed E-state index contributed by atoms with van der Waals surface area (Å²) in [6.07, 6.45) is 1.61. The van der Waals surface area contributed by atoms with Crippen LogP contribution in [0.5, 0.6) is 11.5 Å². The van der Waals surface area contributed by atoms with Gasteiger partial charge in [0.2, 0.25) is 0 Å². The molecular weight excluding hydrogens is 601 g/mol. The number of ether oxygens (including phenoxy) is 2. The predicted octanol–water partition coefficient (Wildman–Crippen LogP) is 4.65. The molecule has 1 aliphatic rings. The van der Waals surface area contributed by atoms with Crippen molar-refractivity contribution in [1.29, 1.82) is 0 Å². The van der Waals surface area contributed by atoms with Crippen molar-refractivity contribution in [2.24, 2.45) is 4.99 Å². The second kappa shape index (κ2) is 12.2. The lowest BCUT2D eigenvalue weighted by Crippen LogP contribution is -2.40. The minimum Gasteiger partial charge on any atom is -0.497 e. The Balaban J connectivity index is 1.63. The lowest BCUT2D eigenvalue weighted by molar-refractivity contribution is -0.139. The average molecular weight is 625 g/mol. The van der Waals surface area contributed by atoms with Gasteiger partial charge in [0.05, 0.1) is 39.0 Å². The predicted molar refractivity (Wildman–Crippen MR) is 161 cm³/mol. The number of nitrogens with one attached hydrogen (secondary N) is 1. The Morgan fingerprint density at radius 1 is 1.10 bits per heavy atom. The number of carbonyl (C=O) groups excluding carboxylic acids is 1. The van der Waals surface area contributed by atoms with Crippen LogP contribution in [-0.4, -0.2) is 35.3 Å². The number of hydrogen-bond donors (Lipinski definition) is 2. The molecule has 214 valence electrons. The summed E-state index contributed by atoms with van der Waals surface area (Å²) in [7, 11) is 1.54. The first kappa shape index (κ1) is 29.1. The monoisotopic (exact) mass is 623 g/mol. The number of para-hydroxylation sites is 1. The van der Waals surface area contributed by atoms with Crippen molar-refractivity contribution >= 4 is 58.2 Å². The normalized spacial score (nSPS) is 14.7. The van der Waals surface area contributed by atoms with Crippen LogP contribution in [0.15, 0.2) is 87.8 Å². The van der Waals surface area contributed by atoms with E-state index in [4.69, 9.17) is 37.8 Å². The summed E-state index contributed by atoms with van der Waals surface area (Å²) >= 11 is 13.8. The van der Waals surface area contributed by atoms with Crippen LogP contribution in [0.25, 0.3) is 6.08 Å². The van der Waals surface area contributed by atoms with Gasteiger partial charge in [-0.3, -0.25) is 14.2 Å². The highest BCUT2D eigenvalue weighted by atomic mass is 35.5. The number of halogens is 2.